The van der Waals surface area contributed by atoms with E-state index in [0.717, 1.165) is 11.1 Å². The van der Waals surface area contributed by atoms with E-state index in [1.165, 1.54) is 33.5 Å². The van der Waals surface area contributed by atoms with Gasteiger partial charge in [0.2, 0.25) is 15.9 Å². The molecule has 9 nitrogen and oxygen atoms in total. The van der Waals surface area contributed by atoms with Crippen molar-refractivity contribution in [3.05, 3.63) is 59.2 Å². The summed E-state index contributed by atoms with van der Waals surface area (Å²) >= 11 is 0. The van der Waals surface area contributed by atoms with Crippen molar-refractivity contribution < 1.29 is 27.5 Å². The van der Waals surface area contributed by atoms with Crippen LogP contribution in [-0.2, 0) is 24.3 Å². The third-order valence-corrected chi connectivity index (χ3v) is 8.42. The second-order valence-electron chi connectivity index (χ2n) is 8.71. The van der Waals surface area contributed by atoms with Gasteiger partial charge in [-0.2, -0.15) is 4.31 Å². The summed E-state index contributed by atoms with van der Waals surface area (Å²) in [6.45, 7) is 6.76. The number of benzene rings is 2. The lowest BCUT2D eigenvalue weighted by Gasteiger charge is -2.36. The summed E-state index contributed by atoms with van der Waals surface area (Å²) in [5, 5.41) is 0. The Hall–Kier alpha value is -3.08. The van der Waals surface area contributed by atoms with Crippen molar-refractivity contribution in [2.24, 2.45) is 0 Å². The second-order valence-corrected chi connectivity index (χ2v) is 10.7. The number of hydrogen-bond acceptors (Lipinski definition) is 7. The van der Waals surface area contributed by atoms with Gasteiger partial charge in [0.1, 0.15) is 0 Å². The van der Waals surface area contributed by atoms with E-state index in [-0.39, 0.29) is 48.4 Å². The zero-order valence-electron chi connectivity index (χ0n) is 20.1. The number of hydrogen-bond donors (Lipinski definition) is 0. The van der Waals surface area contributed by atoms with Crippen LogP contribution in [-0.4, -0.2) is 74.2 Å². The summed E-state index contributed by atoms with van der Waals surface area (Å²) < 4.78 is 32.5. The Kier molecular flexibility index (Phi) is 7.07. The van der Waals surface area contributed by atoms with Gasteiger partial charge in [0, 0.05) is 26.2 Å². The fraction of sp³-hybridized carbons (Fsp3) is 0.400. The highest BCUT2D eigenvalue weighted by Gasteiger charge is 2.44. The van der Waals surface area contributed by atoms with E-state index in [4.69, 9.17) is 4.74 Å². The fourth-order valence-electron chi connectivity index (χ4n) is 4.68. The predicted molar refractivity (Wildman–Crippen MR) is 130 cm³/mol. The molecule has 4 rings (SSSR count). The van der Waals surface area contributed by atoms with Crippen molar-refractivity contribution in [1.82, 2.24) is 9.21 Å². The van der Waals surface area contributed by atoms with E-state index in [1.807, 2.05) is 36.9 Å². The lowest BCUT2D eigenvalue weighted by molar-refractivity contribution is -0.123. The van der Waals surface area contributed by atoms with E-state index in [9.17, 15) is 22.8 Å². The van der Waals surface area contributed by atoms with Crippen LogP contribution < -0.4 is 4.90 Å². The summed E-state index contributed by atoms with van der Waals surface area (Å²) in [4.78, 5) is 41.1. The maximum absolute atomic E-state index is 13.2. The highest BCUT2D eigenvalue weighted by atomic mass is 32.2. The molecule has 0 aliphatic carbocycles. The average molecular weight is 500 g/mol. The van der Waals surface area contributed by atoms with Crippen LogP contribution in [0.2, 0.25) is 0 Å². The van der Waals surface area contributed by atoms with Gasteiger partial charge in [-0.15, -0.1) is 0 Å². The summed E-state index contributed by atoms with van der Waals surface area (Å²) in [7, 11) is -3.76. The number of anilines is 1. The molecule has 1 atom stereocenters. The molecule has 0 N–H and O–H groups in total. The van der Waals surface area contributed by atoms with Gasteiger partial charge in [0.25, 0.3) is 5.91 Å². The molecular formula is C25H29N3O6S. The number of sulfonamides is 1. The van der Waals surface area contributed by atoms with E-state index in [0.29, 0.717) is 18.8 Å². The molecule has 2 amide bonds. The molecule has 1 unspecified atom stereocenters. The van der Waals surface area contributed by atoms with Crippen molar-refractivity contribution >= 4 is 33.5 Å². The van der Waals surface area contributed by atoms with E-state index < -0.39 is 22.0 Å². The lowest BCUT2D eigenvalue weighted by Crippen LogP contribution is -2.53. The monoisotopic (exact) mass is 499 g/mol. The molecule has 0 radical (unpaired) electrons. The van der Waals surface area contributed by atoms with Crippen LogP contribution in [0, 0.1) is 13.8 Å². The molecule has 2 aliphatic rings. The minimum Gasteiger partial charge on any atom is -0.462 e. The summed E-state index contributed by atoms with van der Waals surface area (Å²) in [6, 6.07) is 10.7. The number of esters is 1. The molecule has 0 bridgehead atoms. The molecule has 35 heavy (non-hydrogen) atoms. The second kappa shape index (κ2) is 9.88. The van der Waals surface area contributed by atoms with Gasteiger partial charge in [-0.3, -0.25) is 14.5 Å². The quantitative estimate of drug-likeness (QED) is 0.443. The van der Waals surface area contributed by atoms with Crippen LogP contribution in [0.15, 0.2) is 47.4 Å². The molecule has 2 aromatic carbocycles. The molecule has 186 valence electrons. The first-order valence-electron chi connectivity index (χ1n) is 11.6. The lowest BCUT2D eigenvalue weighted by atomic mass is 10.1. The highest BCUT2D eigenvalue weighted by Crippen LogP contribution is 2.32. The Morgan fingerprint density at radius 3 is 2.14 bits per heavy atom. The molecule has 2 aromatic rings. The van der Waals surface area contributed by atoms with Gasteiger partial charge in [-0.25, -0.2) is 18.1 Å². The molecule has 2 aliphatic heterocycles. The zero-order chi connectivity index (χ0) is 25.3. The Bertz CT molecular complexity index is 1230. The van der Waals surface area contributed by atoms with Crippen LogP contribution in [0.1, 0.15) is 34.8 Å². The Labute approximate surface area is 205 Å². The van der Waals surface area contributed by atoms with Gasteiger partial charge in [0.15, 0.2) is 0 Å². The van der Waals surface area contributed by atoms with Crippen molar-refractivity contribution in [3.63, 3.8) is 0 Å². The molecule has 0 aromatic heterocycles. The molecular weight excluding hydrogens is 470 g/mol. The smallest absolute Gasteiger partial charge is 0.338 e. The minimum absolute atomic E-state index is 0.0781. The van der Waals surface area contributed by atoms with Crippen molar-refractivity contribution in [2.45, 2.75) is 38.1 Å². The van der Waals surface area contributed by atoms with Crippen molar-refractivity contribution in [3.8, 4) is 0 Å². The van der Waals surface area contributed by atoms with E-state index in [1.54, 1.807) is 6.92 Å². The molecule has 0 saturated carbocycles. The minimum atomic E-state index is -3.76. The number of piperazine rings is 1. The number of imide groups is 1. The number of aryl methyl sites for hydroxylation is 2. The predicted octanol–water partition coefficient (Wildman–Crippen LogP) is 2.12. The number of para-hydroxylation sites is 1. The molecule has 10 heteroatoms. The van der Waals surface area contributed by atoms with Crippen molar-refractivity contribution in [2.75, 3.05) is 37.7 Å². The Balaban J connectivity index is 1.43. The Morgan fingerprint density at radius 1 is 0.971 bits per heavy atom. The van der Waals surface area contributed by atoms with Gasteiger partial charge in [0.05, 0.1) is 35.2 Å². The number of carbonyl (C=O) groups excluding carboxylic acids is 3. The first kappa shape index (κ1) is 25.0. The number of carbonyl (C=O) groups is 3. The van der Waals surface area contributed by atoms with Gasteiger partial charge in [-0.1, -0.05) is 18.2 Å². The maximum Gasteiger partial charge on any atom is 0.338 e. The largest absolute Gasteiger partial charge is 0.462 e. The van der Waals surface area contributed by atoms with E-state index >= 15 is 0 Å². The summed E-state index contributed by atoms with van der Waals surface area (Å²) in [6.07, 6.45) is 0.0781. The summed E-state index contributed by atoms with van der Waals surface area (Å²) in [5.41, 5.74) is 2.64. The normalized spacial score (nSPS) is 19.9. The van der Waals surface area contributed by atoms with Gasteiger partial charge in [-0.05, 0) is 56.2 Å². The molecule has 2 fully saturated rings. The SMILES string of the molecule is CCOC(=O)c1ccc(S(=O)(=O)N2CCN(C3CC(=O)N(c4c(C)cccc4C)C3=O)CC2)cc1. The average Bonchev–Trinajstić information content (AvgIpc) is 3.13. The van der Waals surface area contributed by atoms with Crippen LogP contribution in [0.25, 0.3) is 0 Å². The number of nitrogens with zero attached hydrogens (tertiary/aromatic N) is 3. The molecule has 0 spiro atoms. The summed E-state index contributed by atoms with van der Waals surface area (Å²) in [5.74, 6) is -1.01. The number of ether oxygens (including phenoxy) is 1. The molecule has 2 heterocycles. The maximum atomic E-state index is 13.2. The standard InChI is InChI=1S/C25H29N3O6S/c1-4-34-25(31)19-8-10-20(11-9-19)35(32,33)27-14-12-26(13-15-27)21-16-22(29)28(24(21)30)23-17(2)6-5-7-18(23)3/h5-11,21H,4,12-16H2,1-3H3. The van der Waals surface area contributed by atoms with Gasteiger partial charge < -0.3 is 4.74 Å². The van der Waals surface area contributed by atoms with Crippen LogP contribution in [0.3, 0.4) is 0 Å². The van der Waals surface area contributed by atoms with E-state index in [2.05, 4.69) is 0 Å². The first-order valence-corrected chi connectivity index (χ1v) is 13.0. The highest BCUT2D eigenvalue weighted by molar-refractivity contribution is 7.89. The number of rotatable bonds is 6. The van der Waals surface area contributed by atoms with Crippen LogP contribution >= 0.6 is 0 Å². The Morgan fingerprint density at radius 2 is 1.57 bits per heavy atom. The third kappa shape index (κ3) is 4.73. The molecule has 2 saturated heterocycles. The van der Waals surface area contributed by atoms with Crippen LogP contribution in [0.4, 0.5) is 5.69 Å². The zero-order valence-corrected chi connectivity index (χ0v) is 20.9. The first-order chi connectivity index (χ1) is 16.6. The fourth-order valence-corrected chi connectivity index (χ4v) is 6.10. The van der Waals surface area contributed by atoms with Gasteiger partial charge >= 0.3 is 5.97 Å². The number of amides is 2. The topological polar surface area (TPSA) is 104 Å². The van der Waals surface area contributed by atoms with Crippen LogP contribution in [0.5, 0.6) is 0 Å². The van der Waals surface area contributed by atoms with Crippen molar-refractivity contribution in [1.29, 1.82) is 0 Å². The third-order valence-electron chi connectivity index (χ3n) is 6.50.